The van der Waals surface area contributed by atoms with Crippen LogP contribution >= 0.6 is 0 Å². The molecule has 0 aromatic heterocycles. The molecule has 31 heavy (non-hydrogen) atoms. The Balaban J connectivity index is 1.95. The summed E-state index contributed by atoms with van der Waals surface area (Å²) in [5, 5.41) is 40.6. The third-order valence-electron chi connectivity index (χ3n) is 4.97. The largest absolute Gasteiger partial charge is 0.506 e. The Bertz CT molecular complexity index is 948. The van der Waals surface area contributed by atoms with Crippen LogP contribution in [0.15, 0.2) is 30.3 Å². The van der Waals surface area contributed by atoms with Crippen molar-refractivity contribution in [2.75, 3.05) is 63.1 Å². The minimum atomic E-state index is -0.326. The van der Waals surface area contributed by atoms with Crippen molar-refractivity contribution in [1.29, 1.82) is 0 Å². The van der Waals surface area contributed by atoms with E-state index in [0.717, 1.165) is 0 Å². The van der Waals surface area contributed by atoms with E-state index < -0.39 is 0 Å². The lowest BCUT2D eigenvalue weighted by molar-refractivity contribution is 0.0980. The average Bonchev–Trinajstić information content (AvgIpc) is 2.78. The Morgan fingerprint density at radius 3 is 1.84 bits per heavy atom. The third-order valence-corrected chi connectivity index (χ3v) is 4.97. The lowest BCUT2D eigenvalue weighted by Crippen LogP contribution is -2.28. The number of carbonyl (C=O) groups is 2. The fraction of sp³-hybridized carbons (Fsp3) is 0.364. The molecule has 0 heterocycles. The molecule has 0 bridgehead atoms. The predicted molar refractivity (Wildman–Crippen MR) is 118 cm³/mol. The number of ketones is 2. The van der Waals surface area contributed by atoms with Crippen LogP contribution in [0.3, 0.4) is 0 Å². The molecule has 0 fully saturated rings. The molecule has 3 rings (SSSR count). The van der Waals surface area contributed by atoms with Crippen LogP contribution in [0.5, 0.6) is 5.75 Å². The lowest BCUT2D eigenvalue weighted by Gasteiger charge is -2.25. The standard InChI is InChI=1S/C22H28N4O5/c27-11-9-23-5-7-25-16-13-17(29)20(26-8-6-24-10-12-28)19-18(16)21(30)14-3-1-2-4-15(14)22(19)31/h1-4,13,23-29H,5-12H2. The number of rotatable bonds is 12. The van der Waals surface area contributed by atoms with E-state index in [4.69, 9.17) is 10.2 Å². The van der Waals surface area contributed by atoms with Crippen molar-refractivity contribution in [1.82, 2.24) is 10.6 Å². The molecule has 0 saturated heterocycles. The van der Waals surface area contributed by atoms with Gasteiger partial charge in [-0.1, -0.05) is 24.3 Å². The number of carbonyl (C=O) groups excluding carboxylic acids is 2. The Morgan fingerprint density at radius 1 is 0.710 bits per heavy atom. The van der Waals surface area contributed by atoms with Gasteiger partial charge in [0.1, 0.15) is 5.75 Å². The van der Waals surface area contributed by atoms with Gasteiger partial charge in [0.25, 0.3) is 0 Å². The lowest BCUT2D eigenvalue weighted by atomic mass is 9.82. The number of phenolic OH excluding ortho intramolecular Hbond substituents is 1. The molecule has 0 unspecified atom stereocenters. The van der Waals surface area contributed by atoms with E-state index >= 15 is 0 Å². The van der Waals surface area contributed by atoms with Crippen molar-refractivity contribution >= 4 is 22.9 Å². The fourth-order valence-corrected chi connectivity index (χ4v) is 3.57. The molecule has 2 aromatic carbocycles. The number of anilines is 2. The number of fused-ring (bicyclic) bond motifs is 2. The highest BCUT2D eigenvalue weighted by Gasteiger charge is 2.35. The van der Waals surface area contributed by atoms with Gasteiger partial charge in [-0.15, -0.1) is 0 Å². The Labute approximate surface area is 180 Å². The number of aliphatic hydroxyl groups excluding tert-OH is 2. The molecule has 0 amide bonds. The zero-order chi connectivity index (χ0) is 22.2. The summed E-state index contributed by atoms with van der Waals surface area (Å²) in [7, 11) is 0. The predicted octanol–water partition coefficient (Wildman–Crippen LogP) is 0.155. The molecule has 0 aliphatic heterocycles. The minimum Gasteiger partial charge on any atom is -0.506 e. The number of phenols is 1. The van der Waals surface area contributed by atoms with Crippen LogP contribution in [-0.2, 0) is 0 Å². The van der Waals surface area contributed by atoms with Gasteiger partial charge in [-0.05, 0) is 0 Å². The highest BCUT2D eigenvalue weighted by Crippen LogP contribution is 2.41. The molecule has 0 radical (unpaired) electrons. The molecule has 0 saturated carbocycles. The monoisotopic (exact) mass is 428 g/mol. The Kier molecular flexibility index (Phi) is 7.96. The van der Waals surface area contributed by atoms with Crippen LogP contribution in [0.25, 0.3) is 0 Å². The normalized spacial score (nSPS) is 12.5. The van der Waals surface area contributed by atoms with Crippen LogP contribution in [0.4, 0.5) is 11.4 Å². The second-order valence-electron chi connectivity index (χ2n) is 7.07. The first-order valence-corrected chi connectivity index (χ1v) is 10.3. The molecule has 0 atom stereocenters. The Hall–Kier alpha value is -2.98. The van der Waals surface area contributed by atoms with Gasteiger partial charge in [0.2, 0.25) is 0 Å². The molecular weight excluding hydrogens is 400 g/mol. The van der Waals surface area contributed by atoms with E-state index in [1.807, 2.05) is 0 Å². The number of aliphatic hydroxyl groups is 2. The van der Waals surface area contributed by atoms with Gasteiger partial charge in [-0.3, -0.25) is 9.59 Å². The van der Waals surface area contributed by atoms with Crippen LogP contribution in [-0.4, -0.2) is 79.4 Å². The summed E-state index contributed by atoms with van der Waals surface area (Å²) in [6, 6.07) is 8.11. The average molecular weight is 428 g/mol. The molecule has 9 heteroatoms. The van der Waals surface area contributed by atoms with Crippen LogP contribution < -0.4 is 21.3 Å². The summed E-state index contributed by atoms with van der Waals surface area (Å²) in [6.07, 6.45) is 0. The smallest absolute Gasteiger partial charge is 0.196 e. The summed E-state index contributed by atoms with van der Waals surface area (Å²) in [6.45, 7) is 2.78. The number of hydrogen-bond acceptors (Lipinski definition) is 9. The number of nitrogens with one attached hydrogen (secondary N) is 4. The Morgan fingerprint density at radius 2 is 1.26 bits per heavy atom. The van der Waals surface area contributed by atoms with Crippen molar-refractivity contribution < 1.29 is 24.9 Å². The first-order chi connectivity index (χ1) is 15.1. The molecule has 2 aromatic rings. The van der Waals surface area contributed by atoms with E-state index in [9.17, 15) is 14.7 Å². The fourth-order valence-electron chi connectivity index (χ4n) is 3.57. The second-order valence-corrected chi connectivity index (χ2v) is 7.07. The van der Waals surface area contributed by atoms with Gasteiger partial charge in [-0.25, -0.2) is 0 Å². The molecule has 7 N–H and O–H groups in total. The van der Waals surface area contributed by atoms with E-state index in [-0.39, 0.29) is 47.3 Å². The topological polar surface area (TPSA) is 143 Å². The maximum absolute atomic E-state index is 13.3. The van der Waals surface area contributed by atoms with Crippen molar-refractivity contribution in [3.63, 3.8) is 0 Å². The van der Waals surface area contributed by atoms with E-state index in [1.165, 1.54) is 6.07 Å². The zero-order valence-corrected chi connectivity index (χ0v) is 17.2. The van der Waals surface area contributed by atoms with Gasteiger partial charge in [0.15, 0.2) is 11.6 Å². The maximum Gasteiger partial charge on any atom is 0.196 e. The van der Waals surface area contributed by atoms with Crippen molar-refractivity contribution in [3.05, 3.63) is 52.6 Å². The van der Waals surface area contributed by atoms with Crippen LogP contribution in [0, 0.1) is 0 Å². The van der Waals surface area contributed by atoms with Crippen LogP contribution in [0.1, 0.15) is 31.8 Å². The van der Waals surface area contributed by atoms with Gasteiger partial charge in [-0.2, -0.15) is 0 Å². The minimum absolute atomic E-state index is 0.0119. The van der Waals surface area contributed by atoms with E-state index in [1.54, 1.807) is 24.3 Å². The molecule has 1 aliphatic carbocycles. The highest BCUT2D eigenvalue weighted by molar-refractivity contribution is 6.32. The first-order valence-electron chi connectivity index (χ1n) is 10.3. The van der Waals surface area contributed by atoms with Crippen LogP contribution in [0.2, 0.25) is 0 Å². The van der Waals surface area contributed by atoms with Crippen molar-refractivity contribution in [2.45, 2.75) is 0 Å². The summed E-state index contributed by atoms with van der Waals surface area (Å²) in [4.78, 5) is 26.6. The van der Waals surface area contributed by atoms with Gasteiger partial charge in [0, 0.05) is 62.1 Å². The first kappa shape index (κ1) is 22.7. The maximum atomic E-state index is 13.3. The third kappa shape index (κ3) is 5.02. The quantitative estimate of drug-likeness (QED) is 0.158. The number of hydrogen-bond donors (Lipinski definition) is 7. The molecule has 166 valence electrons. The summed E-state index contributed by atoms with van der Waals surface area (Å²) in [5.74, 6) is -0.738. The van der Waals surface area contributed by atoms with Gasteiger partial charge in [0.05, 0.1) is 30.0 Å². The molecule has 0 spiro atoms. The number of benzene rings is 2. The summed E-state index contributed by atoms with van der Waals surface area (Å²) in [5.41, 5.74) is 1.63. The summed E-state index contributed by atoms with van der Waals surface area (Å²) < 4.78 is 0. The highest BCUT2D eigenvalue weighted by atomic mass is 16.3. The van der Waals surface area contributed by atoms with Gasteiger partial charge < -0.3 is 36.6 Å². The number of aromatic hydroxyl groups is 1. The van der Waals surface area contributed by atoms with Crippen molar-refractivity contribution in [3.8, 4) is 5.75 Å². The second kappa shape index (κ2) is 10.9. The SMILES string of the molecule is O=C1c2ccccc2C(=O)c2c(NCCNCCO)c(O)cc(NCCNCCO)c21. The van der Waals surface area contributed by atoms with E-state index in [2.05, 4.69) is 21.3 Å². The molecular formula is C22H28N4O5. The van der Waals surface area contributed by atoms with Gasteiger partial charge >= 0.3 is 0 Å². The zero-order valence-electron chi connectivity index (χ0n) is 17.2. The van der Waals surface area contributed by atoms with Crippen molar-refractivity contribution in [2.24, 2.45) is 0 Å². The molecule has 9 nitrogen and oxygen atoms in total. The molecule has 1 aliphatic rings. The summed E-state index contributed by atoms with van der Waals surface area (Å²) >= 11 is 0. The van der Waals surface area contributed by atoms with E-state index in [0.29, 0.717) is 56.1 Å².